The topological polar surface area (TPSA) is 119 Å². The van der Waals surface area contributed by atoms with Gasteiger partial charge in [0.2, 0.25) is 23.5 Å². The molecule has 9 nitrogen and oxygen atoms in total. The summed E-state index contributed by atoms with van der Waals surface area (Å²) in [5.41, 5.74) is 3.70. The third-order valence-corrected chi connectivity index (χ3v) is 4.07. The van der Waals surface area contributed by atoms with Crippen LogP contribution in [0.15, 0.2) is 22.9 Å². The number of carbonyl (C=O) groups is 1. The summed E-state index contributed by atoms with van der Waals surface area (Å²) in [6, 6.07) is 3.55. The SMILES string of the molecule is CCOc1ccc(-c2noc(CNC(=O)CCc3c(C)n[nH]c3C)n2)cn1. The number of rotatable bonds is 8. The minimum Gasteiger partial charge on any atom is -0.478 e. The Hall–Kier alpha value is -3.23. The fraction of sp³-hybridized carbons (Fsp3) is 0.389. The number of carbonyl (C=O) groups excluding carboxylic acids is 1. The van der Waals surface area contributed by atoms with Gasteiger partial charge in [-0.25, -0.2) is 4.98 Å². The number of hydrogen-bond donors (Lipinski definition) is 2. The summed E-state index contributed by atoms with van der Waals surface area (Å²) in [6.07, 6.45) is 2.62. The lowest BCUT2D eigenvalue weighted by atomic mass is 10.1. The van der Waals surface area contributed by atoms with Gasteiger partial charge < -0.3 is 14.6 Å². The van der Waals surface area contributed by atoms with E-state index in [1.807, 2.05) is 20.8 Å². The van der Waals surface area contributed by atoms with Crippen molar-refractivity contribution in [1.29, 1.82) is 0 Å². The second-order valence-corrected chi connectivity index (χ2v) is 6.02. The molecule has 0 aliphatic carbocycles. The number of H-pyrrole nitrogens is 1. The lowest BCUT2D eigenvalue weighted by molar-refractivity contribution is -0.121. The zero-order chi connectivity index (χ0) is 19.2. The largest absolute Gasteiger partial charge is 0.478 e. The Kier molecular flexibility index (Phi) is 5.80. The summed E-state index contributed by atoms with van der Waals surface area (Å²) < 4.78 is 10.5. The van der Waals surface area contributed by atoms with Gasteiger partial charge in [-0.2, -0.15) is 10.1 Å². The third kappa shape index (κ3) is 4.69. The van der Waals surface area contributed by atoms with E-state index in [-0.39, 0.29) is 12.5 Å². The first-order chi connectivity index (χ1) is 13.1. The molecule has 142 valence electrons. The van der Waals surface area contributed by atoms with E-state index in [1.165, 1.54) is 0 Å². The Balaban J connectivity index is 1.51. The number of pyridine rings is 1. The molecule has 0 bridgehead atoms. The van der Waals surface area contributed by atoms with Crippen LogP contribution in [0.1, 0.15) is 36.2 Å². The number of ether oxygens (including phenoxy) is 1. The van der Waals surface area contributed by atoms with Crippen molar-refractivity contribution < 1.29 is 14.1 Å². The van der Waals surface area contributed by atoms with Crippen molar-refractivity contribution in [3.63, 3.8) is 0 Å². The van der Waals surface area contributed by atoms with Crippen LogP contribution in [0.3, 0.4) is 0 Å². The molecule has 0 radical (unpaired) electrons. The highest BCUT2D eigenvalue weighted by atomic mass is 16.5. The van der Waals surface area contributed by atoms with Crippen molar-refractivity contribution in [3.8, 4) is 17.3 Å². The lowest BCUT2D eigenvalue weighted by Gasteiger charge is -2.03. The molecule has 0 saturated heterocycles. The summed E-state index contributed by atoms with van der Waals surface area (Å²) in [7, 11) is 0. The van der Waals surface area contributed by atoms with Gasteiger partial charge in [0.05, 0.1) is 18.8 Å². The van der Waals surface area contributed by atoms with E-state index in [4.69, 9.17) is 9.26 Å². The summed E-state index contributed by atoms with van der Waals surface area (Å²) in [6.45, 7) is 6.50. The van der Waals surface area contributed by atoms with E-state index in [2.05, 4.69) is 30.6 Å². The van der Waals surface area contributed by atoms with E-state index < -0.39 is 0 Å². The first kappa shape index (κ1) is 18.6. The predicted molar refractivity (Wildman–Crippen MR) is 96.9 cm³/mol. The summed E-state index contributed by atoms with van der Waals surface area (Å²) >= 11 is 0. The smallest absolute Gasteiger partial charge is 0.246 e. The summed E-state index contributed by atoms with van der Waals surface area (Å²) in [4.78, 5) is 20.5. The van der Waals surface area contributed by atoms with Crippen LogP contribution in [0.4, 0.5) is 0 Å². The third-order valence-electron chi connectivity index (χ3n) is 4.07. The van der Waals surface area contributed by atoms with Crippen LogP contribution < -0.4 is 10.1 Å². The second kappa shape index (κ2) is 8.43. The van der Waals surface area contributed by atoms with Crippen molar-refractivity contribution in [2.24, 2.45) is 0 Å². The quantitative estimate of drug-likeness (QED) is 0.623. The highest BCUT2D eigenvalue weighted by Gasteiger charge is 2.12. The molecular formula is C18H22N6O3. The monoisotopic (exact) mass is 370 g/mol. The first-order valence-electron chi connectivity index (χ1n) is 8.75. The number of nitrogens with zero attached hydrogens (tertiary/aromatic N) is 4. The van der Waals surface area contributed by atoms with Crippen molar-refractivity contribution >= 4 is 5.91 Å². The average molecular weight is 370 g/mol. The van der Waals surface area contributed by atoms with Crippen molar-refractivity contribution in [3.05, 3.63) is 41.2 Å². The molecule has 0 fully saturated rings. The van der Waals surface area contributed by atoms with E-state index in [0.717, 1.165) is 17.0 Å². The van der Waals surface area contributed by atoms with Crippen molar-refractivity contribution in [2.75, 3.05) is 6.61 Å². The number of amides is 1. The van der Waals surface area contributed by atoms with Crippen LogP contribution in [-0.2, 0) is 17.8 Å². The van der Waals surface area contributed by atoms with Crippen molar-refractivity contribution in [1.82, 2.24) is 30.6 Å². The molecule has 0 atom stereocenters. The van der Waals surface area contributed by atoms with E-state index in [0.29, 0.717) is 42.6 Å². The molecule has 3 heterocycles. The average Bonchev–Trinajstić information content (AvgIpc) is 3.26. The van der Waals surface area contributed by atoms with Gasteiger partial charge in [0.1, 0.15) is 0 Å². The van der Waals surface area contributed by atoms with E-state index >= 15 is 0 Å². The molecule has 0 aliphatic rings. The molecule has 9 heteroatoms. The maximum Gasteiger partial charge on any atom is 0.246 e. The molecule has 27 heavy (non-hydrogen) atoms. The Morgan fingerprint density at radius 2 is 2.19 bits per heavy atom. The van der Waals surface area contributed by atoms with Crippen LogP contribution in [0.25, 0.3) is 11.4 Å². The first-order valence-corrected chi connectivity index (χ1v) is 8.75. The fourth-order valence-electron chi connectivity index (χ4n) is 2.63. The van der Waals surface area contributed by atoms with Crippen molar-refractivity contribution in [2.45, 2.75) is 40.2 Å². The van der Waals surface area contributed by atoms with Crippen LogP contribution in [0.2, 0.25) is 0 Å². The normalized spacial score (nSPS) is 10.8. The van der Waals surface area contributed by atoms with Gasteiger partial charge in [-0.3, -0.25) is 9.89 Å². The number of aromatic nitrogens is 5. The van der Waals surface area contributed by atoms with Crippen LogP contribution in [-0.4, -0.2) is 37.8 Å². The molecule has 0 aromatic carbocycles. The molecule has 3 rings (SSSR count). The highest BCUT2D eigenvalue weighted by Crippen LogP contribution is 2.17. The second-order valence-electron chi connectivity index (χ2n) is 6.02. The maximum absolute atomic E-state index is 12.1. The number of aryl methyl sites for hydroxylation is 2. The maximum atomic E-state index is 12.1. The fourth-order valence-corrected chi connectivity index (χ4v) is 2.63. The number of nitrogens with one attached hydrogen (secondary N) is 2. The van der Waals surface area contributed by atoms with Gasteiger partial charge in [0.15, 0.2) is 0 Å². The van der Waals surface area contributed by atoms with Crippen LogP contribution in [0, 0.1) is 13.8 Å². The zero-order valence-electron chi connectivity index (χ0n) is 15.6. The van der Waals surface area contributed by atoms with Crippen LogP contribution in [0.5, 0.6) is 5.88 Å². The summed E-state index contributed by atoms with van der Waals surface area (Å²) in [5.74, 6) is 1.21. The molecule has 0 spiro atoms. The molecule has 0 unspecified atom stereocenters. The minimum atomic E-state index is -0.0857. The Labute approximate surface area is 156 Å². The number of aromatic amines is 1. The van der Waals surface area contributed by atoms with Gasteiger partial charge in [-0.05, 0) is 38.8 Å². The van der Waals surface area contributed by atoms with Gasteiger partial charge in [0, 0.05) is 29.9 Å². The van der Waals surface area contributed by atoms with Gasteiger partial charge in [-0.1, -0.05) is 5.16 Å². The zero-order valence-corrected chi connectivity index (χ0v) is 15.6. The van der Waals surface area contributed by atoms with E-state index in [1.54, 1.807) is 18.3 Å². The standard InChI is InChI=1S/C18H22N6O3/c1-4-26-16-8-5-13(9-20-16)18-21-17(27-24-18)10-19-15(25)7-6-14-11(2)22-23-12(14)3/h5,8-9H,4,6-7,10H2,1-3H3,(H,19,25)(H,22,23). The lowest BCUT2D eigenvalue weighted by Crippen LogP contribution is -2.23. The molecule has 0 saturated carbocycles. The Morgan fingerprint density at radius 3 is 2.85 bits per heavy atom. The molecular weight excluding hydrogens is 348 g/mol. The molecule has 0 aliphatic heterocycles. The molecule has 1 amide bonds. The molecule has 2 N–H and O–H groups in total. The number of hydrogen-bond acceptors (Lipinski definition) is 7. The summed E-state index contributed by atoms with van der Waals surface area (Å²) in [5, 5.41) is 13.8. The van der Waals surface area contributed by atoms with Gasteiger partial charge >= 0.3 is 0 Å². The van der Waals surface area contributed by atoms with Crippen LogP contribution >= 0.6 is 0 Å². The molecule has 3 aromatic rings. The minimum absolute atomic E-state index is 0.0857. The predicted octanol–water partition coefficient (Wildman–Crippen LogP) is 2.12. The van der Waals surface area contributed by atoms with Gasteiger partial charge in [0.25, 0.3) is 0 Å². The van der Waals surface area contributed by atoms with E-state index in [9.17, 15) is 4.79 Å². The van der Waals surface area contributed by atoms with Gasteiger partial charge in [-0.15, -0.1) is 0 Å². The Morgan fingerprint density at radius 1 is 1.33 bits per heavy atom. The highest BCUT2D eigenvalue weighted by molar-refractivity contribution is 5.76. The molecule has 3 aromatic heterocycles. The Bertz CT molecular complexity index is 881.